The molecule has 3 N–H and O–H groups in total. The van der Waals surface area contributed by atoms with Gasteiger partial charge in [0, 0.05) is 25.5 Å². The van der Waals surface area contributed by atoms with Crippen LogP contribution in [-0.4, -0.2) is 9.78 Å². The normalized spacial score (nSPS) is 12.8. The molecule has 2 heterocycles. The van der Waals surface area contributed by atoms with Crippen LogP contribution in [0, 0.1) is 0 Å². The van der Waals surface area contributed by atoms with Crippen LogP contribution in [-0.2, 0) is 26.3 Å². The maximum absolute atomic E-state index is 6.39. The molecule has 2 rings (SSSR count). The zero-order valence-electron chi connectivity index (χ0n) is 12.1. The first kappa shape index (κ1) is 15.1. The first-order valence-corrected chi connectivity index (χ1v) is 7.22. The van der Waals surface area contributed by atoms with Crippen LogP contribution in [0.4, 0.5) is 0 Å². The molecule has 20 heavy (non-hydrogen) atoms. The predicted molar refractivity (Wildman–Crippen MR) is 79.5 cm³/mol. The molecule has 0 radical (unpaired) electrons. The molecule has 0 amide bonds. The number of aromatic nitrogens is 2. The van der Waals surface area contributed by atoms with E-state index in [9.17, 15) is 0 Å². The molecule has 0 aliphatic heterocycles. The van der Waals surface area contributed by atoms with Gasteiger partial charge < -0.3 is 4.42 Å². The Balaban J connectivity index is 2.29. The topological polar surface area (TPSA) is 69.0 Å². The second-order valence-corrected chi connectivity index (χ2v) is 5.14. The SMILES string of the molecule is CCc1nn(C)c(CC(NN)c2ccoc2CC)c1Cl. The molecule has 0 aliphatic rings. The maximum Gasteiger partial charge on any atom is 0.108 e. The third-order valence-corrected chi connectivity index (χ3v) is 4.01. The lowest BCUT2D eigenvalue weighted by Gasteiger charge is -2.16. The Kier molecular flexibility index (Phi) is 4.86. The Hall–Kier alpha value is -1.30. The molecule has 0 spiro atoms. The number of halogens is 1. The lowest BCUT2D eigenvalue weighted by molar-refractivity contribution is 0.481. The molecule has 6 heteroatoms. The average Bonchev–Trinajstić information content (AvgIpc) is 3.02. The summed E-state index contributed by atoms with van der Waals surface area (Å²) in [6.07, 6.45) is 4.02. The van der Waals surface area contributed by atoms with E-state index in [2.05, 4.69) is 17.4 Å². The number of hydrazine groups is 1. The minimum atomic E-state index is -0.0405. The van der Waals surface area contributed by atoms with E-state index in [0.717, 1.165) is 40.6 Å². The summed E-state index contributed by atoms with van der Waals surface area (Å²) in [6.45, 7) is 4.10. The quantitative estimate of drug-likeness (QED) is 0.635. The Morgan fingerprint density at radius 3 is 2.75 bits per heavy atom. The number of aryl methyl sites for hydroxylation is 3. The Morgan fingerprint density at radius 1 is 1.45 bits per heavy atom. The van der Waals surface area contributed by atoms with Crippen molar-refractivity contribution in [3.63, 3.8) is 0 Å². The molecule has 1 unspecified atom stereocenters. The van der Waals surface area contributed by atoms with E-state index >= 15 is 0 Å². The van der Waals surface area contributed by atoms with Crippen molar-refractivity contribution in [3.05, 3.63) is 40.1 Å². The van der Waals surface area contributed by atoms with Crippen molar-refractivity contribution in [2.75, 3.05) is 0 Å². The number of furan rings is 1. The van der Waals surface area contributed by atoms with Crippen molar-refractivity contribution in [2.45, 2.75) is 39.2 Å². The molecule has 0 fully saturated rings. The summed E-state index contributed by atoms with van der Waals surface area (Å²) < 4.78 is 7.30. The number of nitrogens with zero attached hydrogens (tertiary/aromatic N) is 2. The largest absolute Gasteiger partial charge is 0.469 e. The smallest absolute Gasteiger partial charge is 0.108 e. The minimum Gasteiger partial charge on any atom is -0.469 e. The van der Waals surface area contributed by atoms with Crippen LogP contribution in [0.25, 0.3) is 0 Å². The van der Waals surface area contributed by atoms with Crippen LogP contribution in [0.5, 0.6) is 0 Å². The molecule has 2 aromatic heterocycles. The molecule has 5 nitrogen and oxygen atoms in total. The monoisotopic (exact) mass is 296 g/mol. The third kappa shape index (κ3) is 2.75. The van der Waals surface area contributed by atoms with E-state index in [1.807, 2.05) is 24.7 Å². The van der Waals surface area contributed by atoms with Gasteiger partial charge in [-0.25, -0.2) is 0 Å². The molecular formula is C14H21ClN4O. The minimum absolute atomic E-state index is 0.0405. The van der Waals surface area contributed by atoms with Crippen molar-refractivity contribution in [1.29, 1.82) is 0 Å². The summed E-state index contributed by atoms with van der Waals surface area (Å²) in [5, 5.41) is 5.17. The molecule has 1 atom stereocenters. The number of nitrogens with two attached hydrogens (primary N) is 1. The molecule has 0 aliphatic carbocycles. The molecule has 0 saturated heterocycles. The van der Waals surface area contributed by atoms with Gasteiger partial charge in [-0.05, 0) is 12.5 Å². The fourth-order valence-corrected chi connectivity index (χ4v) is 2.81. The van der Waals surface area contributed by atoms with Crippen LogP contribution in [0.3, 0.4) is 0 Å². The highest BCUT2D eigenvalue weighted by Gasteiger charge is 2.21. The summed E-state index contributed by atoms with van der Waals surface area (Å²) in [7, 11) is 1.91. The molecule has 0 aromatic carbocycles. The standard InChI is InChI=1S/C14H21ClN4O/c1-4-10-14(15)12(19(3)18-10)8-11(17-16)9-6-7-20-13(9)5-2/h6-7,11,17H,4-5,8,16H2,1-3H3. The molecule has 110 valence electrons. The molecular weight excluding hydrogens is 276 g/mol. The van der Waals surface area contributed by atoms with Gasteiger partial charge in [0.05, 0.1) is 28.7 Å². The van der Waals surface area contributed by atoms with Crippen LogP contribution in [0.15, 0.2) is 16.7 Å². The van der Waals surface area contributed by atoms with Gasteiger partial charge in [-0.2, -0.15) is 5.10 Å². The lowest BCUT2D eigenvalue weighted by Crippen LogP contribution is -2.30. The fraction of sp³-hybridized carbons (Fsp3) is 0.500. The van der Waals surface area contributed by atoms with Crippen LogP contribution >= 0.6 is 11.6 Å². The van der Waals surface area contributed by atoms with Gasteiger partial charge in [0.15, 0.2) is 0 Å². The van der Waals surface area contributed by atoms with Crippen LogP contribution in [0.2, 0.25) is 5.02 Å². The second kappa shape index (κ2) is 6.43. The first-order valence-electron chi connectivity index (χ1n) is 6.84. The van der Waals surface area contributed by atoms with Gasteiger partial charge in [-0.1, -0.05) is 25.4 Å². The van der Waals surface area contributed by atoms with E-state index in [1.165, 1.54) is 0 Å². The van der Waals surface area contributed by atoms with E-state index in [4.69, 9.17) is 21.9 Å². The Morgan fingerprint density at radius 2 is 2.20 bits per heavy atom. The highest BCUT2D eigenvalue weighted by atomic mass is 35.5. The van der Waals surface area contributed by atoms with Crippen LogP contribution < -0.4 is 11.3 Å². The molecule has 0 saturated carbocycles. The maximum atomic E-state index is 6.39. The Labute approximate surface area is 124 Å². The van der Waals surface area contributed by atoms with Gasteiger partial charge in [0.1, 0.15) is 5.76 Å². The first-order chi connectivity index (χ1) is 9.62. The van der Waals surface area contributed by atoms with Crippen molar-refractivity contribution in [3.8, 4) is 0 Å². The third-order valence-electron chi connectivity index (χ3n) is 3.58. The predicted octanol–water partition coefficient (Wildman–Crippen LogP) is 2.54. The van der Waals surface area contributed by atoms with Crippen LogP contribution in [0.1, 0.15) is 42.6 Å². The number of nitrogens with one attached hydrogen (secondary N) is 1. The zero-order valence-corrected chi connectivity index (χ0v) is 12.9. The second-order valence-electron chi connectivity index (χ2n) is 4.76. The van der Waals surface area contributed by atoms with E-state index < -0.39 is 0 Å². The number of hydrogen-bond acceptors (Lipinski definition) is 4. The van der Waals surface area contributed by atoms with Crippen molar-refractivity contribution < 1.29 is 4.42 Å². The Bertz CT molecular complexity index is 576. The highest BCUT2D eigenvalue weighted by molar-refractivity contribution is 6.31. The van der Waals surface area contributed by atoms with Crippen molar-refractivity contribution in [1.82, 2.24) is 15.2 Å². The zero-order chi connectivity index (χ0) is 14.7. The summed E-state index contributed by atoms with van der Waals surface area (Å²) in [6, 6.07) is 1.91. The summed E-state index contributed by atoms with van der Waals surface area (Å²) >= 11 is 6.39. The summed E-state index contributed by atoms with van der Waals surface area (Å²) in [5.41, 5.74) is 5.82. The van der Waals surface area contributed by atoms with Gasteiger partial charge in [-0.3, -0.25) is 16.0 Å². The summed E-state index contributed by atoms with van der Waals surface area (Å²) in [5.74, 6) is 6.66. The highest BCUT2D eigenvalue weighted by Crippen LogP contribution is 2.28. The van der Waals surface area contributed by atoms with E-state index in [0.29, 0.717) is 6.42 Å². The van der Waals surface area contributed by atoms with Gasteiger partial charge >= 0.3 is 0 Å². The van der Waals surface area contributed by atoms with Crippen molar-refractivity contribution >= 4 is 11.6 Å². The summed E-state index contributed by atoms with van der Waals surface area (Å²) in [4.78, 5) is 0. The molecule has 0 bridgehead atoms. The van der Waals surface area contributed by atoms with Gasteiger partial charge in [-0.15, -0.1) is 0 Å². The number of rotatable bonds is 6. The average molecular weight is 297 g/mol. The van der Waals surface area contributed by atoms with E-state index in [1.54, 1.807) is 6.26 Å². The van der Waals surface area contributed by atoms with Crippen molar-refractivity contribution in [2.24, 2.45) is 12.9 Å². The van der Waals surface area contributed by atoms with Gasteiger partial charge in [0.2, 0.25) is 0 Å². The van der Waals surface area contributed by atoms with E-state index in [-0.39, 0.29) is 6.04 Å². The fourth-order valence-electron chi connectivity index (χ4n) is 2.44. The lowest BCUT2D eigenvalue weighted by atomic mass is 10.0. The number of hydrogen-bond donors (Lipinski definition) is 2. The molecule has 2 aromatic rings. The van der Waals surface area contributed by atoms with Gasteiger partial charge in [0.25, 0.3) is 0 Å².